The molecule has 6 rings (SSSR count). The molecule has 2 aliphatic rings. The zero-order valence-corrected chi connectivity index (χ0v) is 16.2. The molecule has 0 saturated carbocycles. The maximum atomic E-state index is 13.6. The Morgan fingerprint density at radius 1 is 0.714 bits per heavy atom. The number of thiophene rings is 2. The van der Waals surface area contributed by atoms with Crippen LogP contribution in [0.4, 0.5) is 0 Å². The Morgan fingerprint density at radius 3 is 1.93 bits per heavy atom. The van der Waals surface area contributed by atoms with Crippen LogP contribution in [-0.4, -0.2) is 5.78 Å². The molecule has 0 unspecified atom stereocenters. The van der Waals surface area contributed by atoms with E-state index in [4.69, 9.17) is 0 Å². The summed E-state index contributed by atoms with van der Waals surface area (Å²) in [5.74, 6) is 0.0990. The van der Waals surface area contributed by atoms with E-state index in [1.165, 1.54) is 0 Å². The van der Waals surface area contributed by atoms with Crippen molar-refractivity contribution in [2.24, 2.45) is 0 Å². The minimum absolute atomic E-state index is 0.0990. The molecule has 2 nitrogen and oxygen atoms in total. The number of hydrogen-bond donors (Lipinski definition) is 0. The van der Waals surface area contributed by atoms with Crippen LogP contribution in [0.15, 0.2) is 65.4 Å². The Morgan fingerprint density at radius 2 is 1.36 bits per heavy atom. The van der Waals surface area contributed by atoms with Gasteiger partial charge in [0.2, 0.25) is 0 Å². The Hall–Kier alpha value is -3.26. The van der Waals surface area contributed by atoms with E-state index < -0.39 is 0 Å². The normalized spacial score (nSPS) is 14.9. The van der Waals surface area contributed by atoms with Gasteiger partial charge in [-0.1, -0.05) is 36.4 Å². The number of carbonyl (C=O) groups is 1. The van der Waals surface area contributed by atoms with Crippen molar-refractivity contribution in [2.45, 2.75) is 0 Å². The van der Waals surface area contributed by atoms with Gasteiger partial charge in [-0.15, -0.1) is 22.7 Å². The first kappa shape index (κ1) is 15.8. The van der Waals surface area contributed by atoms with E-state index >= 15 is 0 Å². The van der Waals surface area contributed by atoms with Crippen LogP contribution in [0.2, 0.25) is 0 Å². The summed E-state index contributed by atoms with van der Waals surface area (Å²) in [7, 11) is 0. The van der Waals surface area contributed by atoms with Crippen LogP contribution in [0.5, 0.6) is 0 Å². The molecule has 0 radical (unpaired) electrons. The second-order valence-electron chi connectivity index (χ2n) is 6.78. The van der Waals surface area contributed by atoms with Gasteiger partial charge >= 0.3 is 0 Å². The zero-order valence-electron chi connectivity index (χ0n) is 14.5. The predicted octanol–water partition coefficient (Wildman–Crippen LogP) is 6.25. The van der Waals surface area contributed by atoms with E-state index in [1.54, 1.807) is 22.7 Å². The molecule has 130 valence electrons. The van der Waals surface area contributed by atoms with Crippen molar-refractivity contribution in [1.29, 1.82) is 5.26 Å². The number of nitrogens with zero attached hydrogens (tertiary/aromatic N) is 1. The molecule has 0 amide bonds. The Kier molecular flexibility index (Phi) is 3.16. The molecule has 28 heavy (non-hydrogen) atoms. The average Bonchev–Trinajstić information content (AvgIpc) is 3.49. The number of hydrogen-bond acceptors (Lipinski definition) is 4. The number of rotatable bonds is 2. The molecule has 0 bridgehead atoms. The van der Waals surface area contributed by atoms with E-state index in [0.717, 1.165) is 53.9 Å². The lowest BCUT2D eigenvalue weighted by atomic mass is 9.96. The van der Waals surface area contributed by atoms with E-state index in [-0.39, 0.29) is 5.78 Å². The minimum Gasteiger partial charge on any atom is -0.288 e. The molecule has 4 aromatic rings. The molecule has 0 aliphatic heterocycles. The molecule has 2 aromatic carbocycles. The highest BCUT2D eigenvalue weighted by atomic mass is 32.1. The lowest BCUT2D eigenvalue weighted by Gasteiger charge is -2.07. The third-order valence-electron chi connectivity index (χ3n) is 5.44. The number of Topliss-reactive ketones (excluding diaryl/α,β-unsaturated/α-hetero) is 1. The predicted molar refractivity (Wildman–Crippen MR) is 116 cm³/mol. The lowest BCUT2D eigenvalue weighted by Crippen LogP contribution is -2.00. The van der Waals surface area contributed by atoms with Gasteiger partial charge in [-0.25, -0.2) is 0 Å². The van der Waals surface area contributed by atoms with Gasteiger partial charge < -0.3 is 0 Å². The van der Waals surface area contributed by atoms with Gasteiger partial charge in [0.05, 0.1) is 11.6 Å². The van der Waals surface area contributed by atoms with Crippen molar-refractivity contribution < 1.29 is 4.79 Å². The van der Waals surface area contributed by atoms with Gasteiger partial charge in [0.25, 0.3) is 0 Å². The Bertz CT molecular complexity index is 1350. The molecule has 0 spiro atoms. The van der Waals surface area contributed by atoms with Gasteiger partial charge in [-0.3, -0.25) is 4.79 Å². The van der Waals surface area contributed by atoms with Gasteiger partial charge in [-0.2, -0.15) is 5.26 Å². The number of benzene rings is 2. The van der Waals surface area contributed by atoms with Crippen molar-refractivity contribution in [3.05, 3.63) is 91.8 Å². The third-order valence-corrected chi connectivity index (χ3v) is 7.21. The van der Waals surface area contributed by atoms with Gasteiger partial charge in [0, 0.05) is 37.4 Å². The molecular formula is C24H11NOS2. The largest absolute Gasteiger partial charge is 0.288 e. The summed E-state index contributed by atoms with van der Waals surface area (Å²) in [5, 5.41) is 15.6. The van der Waals surface area contributed by atoms with Gasteiger partial charge in [-0.05, 0) is 45.5 Å². The zero-order chi connectivity index (χ0) is 18.8. The highest BCUT2D eigenvalue weighted by Crippen LogP contribution is 2.57. The van der Waals surface area contributed by atoms with Crippen molar-refractivity contribution in [3.63, 3.8) is 0 Å². The SMILES string of the molecule is N#Cc1ccc2c3c(cccc13)C1=C(c3cccs3)C(=O)C(c3cccs3)=C12. The number of allylic oxidation sites excluding steroid dienone is 4. The summed E-state index contributed by atoms with van der Waals surface area (Å²) in [6, 6.07) is 20.3. The first-order chi connectivity index (χ1) is 13.8. The average molecular weight is 393 g/mol. The highest BCUT2D eigenvalue weighted by Gasteiger charge is 2.40. The molecule has 0 saturated heterocycles. The van der Waals surface area contributed by atoms with Crippen molar-refractivity contribution in [3.8, 4) is 6.07 Å². The number of fused-ring (bicyclic) bond motifs is 3. The maximum absolute atomic E-state index is 13.6. The van der Waals surface area contributed by atoms with Crippen LogP contribution >= 0.6 is 22.7 Å². The quantitative estimate of drug-likeness (QED) is 0.404. The summed E-state index contributed by atoms with van der Waals surface area (Å²) in [6.07, 6.45) is 0. The summed E-state index contributed by atoms with van der Waals surface area (Å²) < 4.78 is 0. The second kappa shape index (κ2) is 5.62. The van der Waals surface area contributed by atoms with E-state index in [0.29, 0.717) is 5.56 Å². The van der Waals surface area contributed by atoms with Crippen LogP contribution in [-0.2, 0) is 4.79 Å². The molecular weight excluding hydrogens is 382 g/mol. The number of ketones is 1. The number of nitriles is 1. The van der Waals surface area contributed by atoms with E-state index in [1.807, 2.05) is 59.3 Å². The lowest BCUT2D eigenvalue weighted by molar-refractivity contribution is -0.108. The third kappa shape index (κ3) is 1.87. The molecule has 2 aromatic heterocycles. The molecule has 4 heteroatoms. The second-order valence-corrected chi connectivity index (χ2v) is 8.68. The standard InChI is InChI=1S/C24H11NOS2/c25-12-13-8-9-16-19-14(13)4-1-5-15(19)20-21(16)23(18-7-3-11-28-18)24(26)22(20)17-6-2-10-27-17/h1-11H. The summed E-state index contributed by atoms with van der Waals surface area (Å²) >= 11 is 3.19. The molecule has 0 fully saturated rings. The monoisotopic (exact) mass is 393 g/mol. The molecule has 0 atom stereocenters. The molecule has 2 aliphatic carbocycles. The first-order valence-corrected chi connectivity index (χ1v) is 10.6. The summed E-state index contributed by atoms with van der Waals surface area (Å²) in [5.41, 5.74) is 6.40. The fourth-order valence-corrected chi connectivity index (χ4v) is 5.92. The van der Waals surface area contributed by atoms with E-state index in [9.17, 15) is 10.1 Å². The smallest absolute Gasteiger partial charge is 0.197 e. The Labute approximate surface area is 169 Å². The van der Waals surface area contributed by atoms with Crippen LogP contribution in [0.1, 0.15) is 26.4 Å². The summed E-state index contributed by atoms with van der Waals surface area (Å²) in [6.45, 7) is 0. The fraction of sp³-hybridized carbons (Fsp3) is 0. The van der Waals surface area contributed by atoms with Gasteiger partial charge in [0.15, 0.2) is 5.78 Å². The summed E-state index contributed by atoms with van der Waals surface area (Å²) in [4.78, 5) is 15.6. The van der Waals surface area contributed by atoms with Crippen LogP contribution in [0.25, 0.3) is 33.1 Å². The number of carbonyl (C=O) groups excluding carboxylic acids is 1. The van der Waals surface area contributed by atoms with Crippen LogP contribution in [0, 0.1) is 11.3 Å². The minimum atomic E-state index is 0.0990. The topological polar surface area (TPSA) is 40.9 Å². The molecule has 0 N–H and O–H groups in total. The van der Waals surface area contributed by atoms with Crippen LogP contribution < -0.4 is 0 Å². The Balaban J connectivity index is 1.80. The maximum Gasteiger partial charge on any atom is 0.197 e. The molecule has 2 heterocycles. The van der Waals surface area contributed by atoms with E-state index in [2.05, 4.69) is 12.1 Å². The van der Waals surface area contributed by atoms with Crippen LogP contribution in [0.3, 0.4) is 0 Å². The first-order valence-electron chi connectivity index (χ1n) is 8.87. The highest BCUT2D eigenvalue weighted by molar-refractivity contribution is 7.13. The van der Waals surface area contributed by atoms with Crippen molar-refractivity contribution in [2.75, 3.05) is 0 Å². The van der Waals surface area contributed by atoms with Gasteiger partial charge in [0.1, 0.15) is 0 Å². The fourth-order valence-electron chi connectivity index (χ4n) is 4.37. The van der Waals surface area contributed by atoms with Crippen molar-refractivity contribution >= 4 is 61.5 Å². The van der Waals surface area contributed by atoms with Crippen molar-refractivity contribution in [1.82, 2.24) is 0 Å².